The average molecular weight is 328 g/mol. The molecule has 1 saturated heterocycles. The van der Waals surface area contributed by atoms with E-state index in [1.165, 1.54) is 0 Å². The van der Waals surface area contributed by atoms with Gasteiger partial charge in [-0.1, -0.05) is 32.0 Å². The number of likely N-dealkylation sites (N-methyl/N-ethyl adjacent to an activating group) is 1. The molecule has 5 nitrogen and oxygen atoms in total. The van der Waals surface area contributed by atoms with E-state index in [1.807, 2.05) is 27.7 Å². The molecule has 1 fully saturated rings. The Bertz CT molecular complexity index is 712. The fourth-order valence-corrected chi connectivity index (χ4v) is 4.01. The fourth-order valence-electron chi connectivity index (χ4n) is 4.01. The van der Waals surface area contributed by atoms with E-state index in [2.05, 4.69) is 0 Å². The van der Waals surface area contributed by atoms with Gasteiger partial charge >= 0.3 is 0 Å². The Balaban J connectivity index is 2.11. The number of benzene rings is 1. The molecule has 0 spiro atoms. The summed E-state index contributed by atoms with van der Waals surface area (Å²) in [4.78, 5) is 42.2. The third-order valence-electron chi connectivity index (χ3n) is 5.35. The van der Waals surface area contributed by atoms with E-state index in [9.17, 15) is 14.4 Å². The summed E-state index contributed by atoms with van der Waals surface area (Å²) in [5.41, 5.74) is 0.189. The van der Waals surface area contributed by atoms with Gasteiger partial charge in [-0.05, 0) is 19.9 Å². The molecule has 2 aliphatic heterocycles. The van der Waals surface area contributed by atoms with Crippen LogP contribution in [-0.2, 0) is 4.79 Å². The van der Waals surface area contributed by atoms with Gasteiger partial charge < -0.3 is 9.80 Å². The number of rotatable bonds is 2. The predicted octanol–water partition coefficient (Wildman–Crippen LogP) is 2.22. The topological polar surface area (TPSA) is 57.7 Å². The van der Waals surface area contributed by atoms with Gasteiger partial charge in [0.25, 0.3) is 5.91 Å². The molecule has 2 heterocycles. The Labute approximate surface area is 142 Å². The van der Waals surface area contributed by atoms with Crippen molar-refractivity contribution >= 4 is 17.6 Å². The summed E-state index contributed by atoms with van der Waals surface area (Å²) in [7, 11) is 0. The zero-order valence-electron chi connectivity index (χ0n) is 14.7. The molecule has 2 aliphatic rings. The molecule has 128 valence electrons. The van der Waals surface area contributed by atoms with Gasteiger partial charge in [0.1, 0.15) is 0 Å². The summed E-state index contributed by atoms with van der Waals surface area (Å²) in [6.45, 7) is 8.84. The first-order valence-corrected chi connectivity index (χ1v) is 8.54. The van der Waals surface area contributed by atoms with E-state index in [0.717, 1.165) is 0 Å². The molecule has 0 N–H and O–H groups in total. The second kappa shape index (κ2) is 5.72. The molecule has 1 aromatic carbocycles. The molecule has 24 heavy (non-hydrogen) atoms. The second-order valence-electron chi connectivity index (χ2n) is 7.27. The van der Waals surface area contributed by atoms with Crippen LogP contribution in [0.1, 0.15) is 48.4 Å². The van der Waals surface area contributed by atoms with Crippen LogP contribution in [-0.4, -0.2) is 53.1 Å². The lowest BCUT2D eigenvalue weighted by molar-refractivity contribution is -0.133. The van der Waals surface area contributed by atoms with E-state index in [-0.39, 0.29) is 29.6 Å². The highest BCUT2D eigenvalue weighted by atomic mass is 16.2. The van der Waals surface area contributed by atoms with Gasteiger partial charge in [-0.2, -0.15) is 0 Å². The van der Waals surface area contributed by atoms with Crippen LogP contribution in [0.5, 0.6) is 0 Å². The van der Waals surface area contributed by atoms with Crippen molar-refractivity contribution in [3.63, 3.8) is 0 Å². The van der Waals surface area contributed by atoms with E-state index >= 15 is 0 Å². The predicted molar refractivity (Wildman–Crippen MR) is 90.8 cm³/mol. The number of hydrogen-bond acceptors (Lipinski definition) is 3. The number of likely N-dealkylation sites (tertiary alicyclic amines) is 1. The Morgan fingerprint density at radius 2 is 1.88 bits per heavy atom. The maximum absolute atomic E-state index is 13.3. The molecule has 3 rings (SSSR count). The van der Waals surface area contributed by atoms with Gasteiger partial charge in [0.15, 0.2) is 5.78 Å². The Morgan fingerprint density at radius 3 is 2.46 bits per heavy atom. The molecule has 0 bridgehead atoms. The molecule has 2 atom stereocenters. The second-order valence-corrected chi connectivity index (χ2v) is 7.27. The highest BCUT2D eigenvalue weighted by Gasteiger charge is 2.55. The van der Waals surface area contributed by atoms with Crippen molar-refractivity contribution in [1.29, 1.82) is 0 Å². The zero-order chi connectivity index (χ0) is 17.6. The van der Waals surface area contributed by atoms with Crippen molar-refractivity contribution < 1.29 is 14.4 Å². The fraction of sp³-hybridized carbons (Fsp3) is 0.526. The number of Topliss-reactive ketones (excluding diaryl/α,β-unsaturated/α-hetero) is 1. The van der Waals surface area contributed by atoms with Crippen molar-refractivity contribution in [2.24, 2.45) is 11.3 Å². The molecule has 0 aliphatic carbocycles. The van der Waals surface area contributed by atoms with Crippen molar-refractivity contribution in [3.8, 4) is 0 Å². The lowest BCUT2D eigenvalue weighted by Gasteiger charge is -2.34. The monoisotopic (exact) mass is 328 g/mol. The average Bonchev–Trinajstić information content (AvgIpc) is 2.90. The van der Waals surface area contributed by atoms with Crippen LogP contribution in [0, 0.1) is 11.3 Å². The number of hydrogen-bond donors (Lipinski definition) is 0. The Kier molecular flexibility index (Phi) is 3.98. The summed E-state index contributed by atoms with van der Waals surface area (Å²) in [6, 6.07) is 6.74. The molecular weight excluding hydrogens is 304 g/mol. The third kappa shape index (κ3) is 2.26. The van der Waals surface area contributed by atoms with Crippen molar-refractivity contribution in [1.82, 2.24) is 9.80 Å². The summed E-state index contributed by atoms with van der Waals surface area (Å²) in [5, 5.41) is 0. The lowest BCUT2D eigenvalue weighted by atomic mass is 9.78. The number of carbonyl (C=O) groups is 3. The Morgan fingerprint density at radius 1 is 1.25 bits per heavy atom. The summed E-state index contributed by atoms with van der Waals surface area (Å²) < 4.78 is 0. The highest BCUT2D eigenvalue weighted by Crippen LogP contribution is 2.41. The summed E-state index contributed by atoms with van der Waals surface area (Å²) in [5.74, 6) is -0.238. The first-order valence-electron chi connectivity index (χ1n) is 8.54. The molecular formula is C19H24N2O3. The van der Waals surface area contributed by atoms with E-state index in [4.69, 9.17) is 0 Å². The van der Waals surface area contributed by atoms with Crippen molar-refractivity contribution in [2.45, 2.75) is 33.7 Å². The SMILES string of the molecule is CCN1C(=O)c2ccccc2C(=O)[C@@]2(C)CN(C(=O)C(C)C)C[C@@H]12. The van der Waals surface area contributed by atoms with Gasteiger partial charge in [-0.15, -0.1) is 0 Å². The van der Waals surface area contributed by atoms with Crippen LogP contribution in [0.25, 0.3) is 0 Å². The Hall–Kier alpha value is -2.17. The van der Waals surface area contributed by atoms with Crippen LogP contribution in [0.3, 0.4) is 0 Å². The molecule has 0 radical (unpaired) electrons. The number of ketones is 1. The maximum Gasteiger partial charge on any atom is 0.254 e. The van der Waals surface area contributed by atoms with E-state index in [0.29, 0.717) is 30.8 Å². The standard InChI is InChI=1S/C19H24N2O3/c1-5-21-15-10-20(17(23)12(2)3)11-19(15,4)16(22)13-8-6-7-9-14(13)18(21)24/h6-9,12,15H,5,10-11H2,1-4H3/t15-,19+/m1/s1. The first kappa shape index (κ1) is 16.7. The molecule has 2 amide bonds. The quantitative estimate of drug-likeness (QED) is 0.836. The van der Waals surface area contributed by atoms with Crippen molar-refractivity contribution in [2.75, 3.05) is 19.6 Å². The molecule has 0 saturated carbocycles. The van der Waals surface area contributed by atoms with Crippen LogP contribution in [0.2, 0.25) is 0 Å². The van der Waals surface area contributed by atoms with E-state index < -0.39 is 5.41 Å². The lowest BCUT2D eigenvalue weighted by Crippen LogP contribution is -2.49. The maximum atomic E-state index is 13.3. The summed E-state index contributed by atoms with van der Waals surface area (Å²) in [6.07, 6.45) is 0. The van der Waals surface area contributed by atoms with Gasteiger partial charge in [0.05, 0.1) is 17.0 Å². The van der Waals surface area contributed by atoms with Gasteiger partial charge in [-0.25, -0.2) is 0 Å². The molecule has 0 unspecified atom stereocenters. The number of nitrogens with zero attached hydrogens (tertiary/aromatic N) is 2. The largest absolute Gasteiger partial charge is 0.339 e. The van der Waals surface area contributed by atoms with E-state index in [1.54, 1.807) is 34.1 Å². The number of fused-ring (bicyclic) bond motifs is 2. The van der Waals surface area contributed by atoms with Crippen LogP contribution in [0.15, 0.2) is 24.3 Å². The minimum absolute atomic E-state index is 0.0357. The smallest absolute Gasteiger partial charge is 0.254 e. The van der Waals surface area contributed by atoms with Gasteiger partial charge in [0.2, 0.25) is 5.91 Å². The van der Waals surface area contributed by atoms with Gasteiger partial charge in [-0.3, -0.25) is 14.4 Å². The highest BCUT2D eigenvalue weighted by molar-refractivity contribution is 6.12. The molecule has 5 heteroatoms. The molecule has 1 aromatic rings. The minimum atomic E-state index is -0.761. The number of carbonyl (C=O) groups excluding carboxylic acids is 3. The minimum Gasteiger partial charge on any atom is -0.339 e. The van der Waals surface area contributed by atoms with Crippen LogP contribution < -0.4 is 0 Å². The normalized spacial score (nSPS) is 26.5. The van der Waals surface area contributed by atoms with Gasteiger partial charge in [0, 0.05) is 31.1 Å². The molecule has 0 aromatic heterocycles. The summed E-state index contributed by atoms with van der Waals surface area (Å²) >= 11 is 0. The zero-order valence-corrected chi connectivity index (χ0v) is 14.7. The van der Waals surface area contributed by atoms with Crippen LogP contribution >= 0.6 is 0 Å². The number of amides is 2. The third-order valence-corrected chi connectivity index (χ3v) is 5.35. The first-order chi connectivity index (χ1) is 11.3. The van der Waals surface area contributed by atoms with Crippen molar-refractivity contribution in [3.05, 3.63) is 35.4 Å². The van der Waals surface area contributed by atoms with Crippen LogP contribution in [0.4, 0.5) is 0 Å².